The minimum absolute atomic E-state index is 0.0283. The summed E-state index contributed by atoms with van der Waals surface area (Å²) in [5.41, 5.74) is 1.03. The number of fused-ring (bicyclic) bond motifs is 9. The minimum Gasteiger partial charge on any atom is -0.459 e. The first-order valence-corrected chi connectivity index (χ1v) is 11.6. The maximum Gasteiger partial charge on any atom is 0.306 e. The second-order valence-electron chi connectivity index (χ2n) is 10.9. The molecule has 1 heterocycles. The Morgan fingerprint density at radius 3 is 2.62 bits per heavy atom. The molecule has 6 rings (SSSR count). The summed E-state index contributed by atoms with van der Waals surface area (Å²) in [5, 5.41) is 2.93. The molecule has 156 valence electrons. The summed E-state index contributed by atoms with van der Waals surface area (Å²) in [6.45, 7) is 2.37. The predicted molar refractivity (Wildman–Crippen MR) is 105 cm³/mol. The van der Waals surface area contributed by atoms with E-state index in [-0.39, 0.29) is 34.6 Å². The van der Waals surface area contributed by atoms with Crippen molar-refractivity contribution < 1.29 is 19.1 Å². The molecule has 4 saturated carbocycles. The van der Waals surface area contributed by atoms with Crippen molar-refractivity contribution >= 4 is 17.7 Å². The van der Waals surface area contributed by atoms with E-state index in [0.29, 0.717) is 48.3 Å². The van der Waals surface area contributed by atoms with E-state index in [1.54, 1.807) is 7.05 Å². The van der Waals surface area contributed by atoms with Gasteiger partial charge in [0.15, 0.2) is 5.78 Å². The van der Waals surface area contributed by atoms with Crippen molar-refractivity contribution in [3.63, 3.8) is 0 Å². The molecule has 1 N–H and O–H groups in total. The van der Waals surface area contributed by atoms with E-state index >= 15 is 0 Å². The molecule has 0 aromatic heterocycles. The van der Waals surface area contributed by atoms with E-state index in [9.17, 15) is 14.4 Å². The summed E-state index contributed by atoms with van der Waals surface area (Å²) in [7, 11) is 1.74. The lowest BCUT2D eigenvalue weighted by Crippen LogP contribution is -2.56. The monoisotopic (exact) mass is 397 g/mol. The second kappa shape index (κ2) is 5.73. The van der Waals surface area contributed by atoms with Crippen LogP contribution in [0.2, 0.25) is 0 Å². The van der Waals surface area contributed by atoms with Crippen LogP contribution in [0.15, 0.2) is 11.6 Å². The van der Waals surface area contributed by atoms with E-state index in [4.69, 9.17) is 4.74 Å². The molecule has 5 fully saturated rings. The average Bonchev–Trinajstić information content (AvgIpc) is 3.27. The smallest absolute Gasteiger partial charge is 0.306 e. The quantitative estimate of drug-likeness (QED) is 0.691. The van der Waals surface area contributed by atoms with Gasteiger partial charge in [0.05, 0.1) is 0 Å². The lowest BCUT2D eigenvalue weighted by atomic mass is 9.46. The van der Waals surface area contributed by atoms with Crippen LogP contribution in [0.1, 0.15) is 58.3 Å². The normalized spacial score (nSPS) is 52.1. The molecular weight excluding hydrogens is 366 g/mol. The first-order chi connectivity index (χ1) is 13.9. The number of ketones is 1. The number of allylic oxidation sites excluding steroid dienone is 1. The molecular formula is C24H31NO4. The molecule has 5 aliphatic carbocycles. The number of hydrogen-bond donors (Lipinski definition) is 1. The van der Waals surface area contributed by atoms with Gasteiger partial charge in [-0.3, -0.25) is 14.4 Å². The van der Waals surface area contributed by atoms with Gasteiger partial charge in [0, 0.05) is 31.7 Å². The highest BCUT2D eigenvalue weighted by atomic mass is 16.6. The number of carbonyl (C=O) groups excluding carboxylic acids is 3. The van der Waals surface area contributed by atoms with Crippen molar-refractivity contribution in [1.82, 2.24) is 5.32 Å². The molecule has 1 aliphatic heterocycles. The van der Waals surface area contributed by atoms with Crippen molar-refractivity contribution in [2.24, 2.45) is 46.8 Å². The average molecular weight is 398 g/mol. The SMILES string of the molecule is CNC(=O)[C@@H]1CC2=CC(=O)CCC2(C)C2C1C1CC[C@@]3(CCC(=O)O3)C1[C@H]1C[C@@H]21. The molecule has 29 heavy (non-hydrogen) atoms. The maximum absolute atomic E-state index is 13.0. The van der Waals surface area contributed by atoms with Crippen LogP contribution in [0.25, 0.3) is 0 Å². The topological polar surface area (TPSA) is 72.5 Å². The zero-order valence-corrected chi connectivity index (χ0v) is 17.4. The van der Waals surface area contributed by atoms with Crippen LogP contribution in [0.4, 0.5) is 0 Å². The Bertz CT molecular complexity index is 848. The molecule has 6 aliphatic rings. The Kier molecular flexibility index (Phi) is 3.59. The van der Waals surface area contributed by atoms with Gasteiger partial charge in [-0.1, -0.05) is 12.5 Å². The van der Waals surface area contributed by atoms with Crippen LogP contribution in [0, 0.1) is 46.8 Å². The number of amides is 1. The molecule has 0 radical (unpaired) electrons. The molecule has 5 unspecified atom stereocenters. The number of ether oxygens (including phenoxy) is 1. The summed E-state index contributed by atoms with van der Waals surface area (Å²) in [6, 6.07) is 0. The highest BCUT2D eigenvalue weighted by Gasteiger charge is 2.72. The van der Waals surface area contributed by atoms with E-state index in [2.05, 4.69) is 12.2 Å². The van der Waals surface area contributed by atoms with Crippen LogP contribution >= 0.6 is 0 Å². The fourth-order valence-electron chi connectivity index (χ4n) is 8.87. The number of nitrogens with one attached hydrogen (secondary N) is 1. The largest absolute Gasteiger partial charge is 0.459 e. The Morgan fingerprint density at radius 1 is 1.10 bits per heavy atom. The number of rotatable bonds is 1. The minimum atomic E-state index is -0.251. The molecule has 5 nitrogen and oxygen atoms in total. The Hall–Kier alpha value is -1.65. The first kappa shape index (κ1) is 18.1. The van der Waals surface area contributed by atoms with Gasteiger partial charge in [-0.25, -0.2) is 0 Å². The summed E-state index contributed by atoms with van der Waals surface area (Å²) in [6.07, 6.45) is 8.85. The van der Waals surface area contributed by atoms with Gasteiger partial charge in [0.2, 0.25) is 5.91 Å². The van der Waals surface area contributed by atoms with E-state index in [1.165, 1.54) is 12.0 Å². The van der Waals surface area contributed by atoms with E-state index < -0.39 is 0 Å². The predicted octanol–water partition coefficient (Wildman–Crippen LogP) is 3.03. The van der Waals surface area contributed by atoms with Crippen molar-refractivity contribution in [3.8, 4) is 0 Å². The summed E-state index contributed by atoms with van der Waals surface area (Å²) < 4.78 is 6.03. The maximum atomic E-state index is 13.0. The zero-order chi connectivity index (χ0) is 20.1. The molecule has 1 spiro atoms. The van der Waals surface area contributed by atoms with Gasteiger partial charge >= 0.3 is 5.97 Å². The highest BCUT2D eigenvalue weighted by Crippen LogP contribution is 2.75. The summed E-state index contributed by atoms with van der Waals surface area (Å²) >= 11 is 0. The zero-order valence-electron chi connectivity index (χ0n) is 17.4. The third-order valence-corrected chi connectivity index (χ3v) is 9.94. The molecule has 1 saturated heterocycles. The van der Waals surface area contributed by atoms with Crippen LogP contribution in [0.5, 0.6) is 0 Å². The van der Waals surface area contributed by atoms with Crippen molar-refractivity contribution in [1.29, 1.82) is 0 Å². The van der Waals surface area contributed by atoms with Crippen molar-refractivity contribution in [2.75, 3.05) is 7.05 Å². The number of carbonyl (C=O) groups is 3. The Labute approximate surface area is 172 Å². The standard InChI is InChI=1S/C24H31NO4/c1-23-6-3-13(26)9-12(23)10-17(22(28)25-2)19-14-4-7-24(8-5-18(27)29-24)20(14)15-11-16(15)21(19)23/h9,14-17,19-21H,3-8,10-11H2,1-2H3,(H,25,28)/t14?,15-,16+,17+,19?,20?,21?,23?,24+/m0/s1. The van der Waals surface area contributed by atoms with E-state index in [1.807, 2.05) is 6.08 Å². The highest BCUT2D eigenvalue weighted by molar-refractivity contribution is 5.92. The molecule has 9 atom stereocenters. The van der Waals surface area contributed by atoms with Crippen molar-refractivity contribution in [2.45, 2.75) is 63.9 Å². The fourth-order valence-corrected chi connectivity index (χ4v) is 8.87. The van der Waals surface area contributed by atoms with Crippen LogP contribution in [-0.4, -0.2) is 30.3 Å². The molecule has 1 amide bonds. The van der Waals surface area contributed by atoms with E-state index in [0.717, 1.165) is 32.1 Å². The summed E-state index contributed by atoms with van der Waals surface area (Å²) in [5.74, 6) is 3.25. The van der Waals surface area contributed by atoms with Gasteiger partial charge < -0.3 is 10.1 Å². The van der Waals surface area contributed by atoms with Crippen molar-refractivity contribution in [3.05, 3.63) is 11.6 Å². The molecule has 0 aromatic carbocycles. The first-order valence-electron chi connectivity index (χ1n) is 11.6. The van der Waals surface area contributed by atoms with Crippen LogP contribution < -0.4 is 5.32 Å². The number of hydrogen-bond acceptors (Lipinski definition) is 4. The molecule has 0 aromatic rings. The van der Waals surface area contributed by atoms with Gasteiger partial charge in [-0.05, 0) is 79.6 Å². The van der Waals surface area contributed by atoms with Gasteiger partial charge in [0.25, 0.3) is 0 Å². The lowest BCUT2D eigenvalue weighted by Gasteiger charge is -2.57. The van der Waals surface area contributed by atoms with Gasteiger partial charge in [0.1, 0.15) is 5.60 Å². The Morgan fingerprint density at radius 2 is 1.90 bits per heavy atom. The fraction of sp³-hybridized carbons (Fsp3) is 0.792. The number of esters is 1. The lowest BCUT2D eigenvalue weighted by molar-refractivity contribution is -0.158. The molecule has 0 bridgehead atoms. The second-order valence-corrected chi connectivity index (χ2v) is 10.9. The van der Waals surface area contributed by atoms with Gasteiger partial charge in [-0.15, -0.1) is 0 Å². The van der Waals surface area contributed by atoms with Crippen LogP contribution in [0.3, 0.4) is 0 Å². The van der Waals surface area contributed by atoms with Gasteiger partial charge in [-0.2, -0.15) is 0 Å². The third-order valence-electron chi connectivity index (χ3n) is 9.94. The third kappa shape index (κ3) is 2.25. The molecule has 5 heteroatoms. The summed E-state index contributed by atoms with van der Waals surface area (Å²) in [4.78, 5) is 37.3. The Balaban J connectivity index is 1.44. The van der Waals surface area contributed by atoms with Crippen LogP contribution in [-0.2, 0) is 19.1 Å².